The maximum atomic E-state index is 4.80. The van der Waals surface area contributed by atoms with Crippen LogP contribution in [0.25, 0.3) is 0 Å². The molecule has 1 aliphatic rings. The van der Waals surface area contributed by atoms with Crippen LogP contribution in [0.5, 0.6) is 0 Å². The zero-order valence-corrected chi connectivity index (χ0v) is 14.4. The van der Waals surface area contributed by atoms with Gasteiger partial charge in [-0.1, -0.05) is 0 Å². The minimum atomic E-state index is 0.365. The van der Waals surface area contributed by atoms with Gasteiger partial charge < -0.3 is 4.90 Å². The second-order valence-corrected chi connectivity index (χ2v) is 7.66. The van der Waals surface area contributed by atoms with Crippen LogP contribution in [0.4, 0.5) is 0 Å². The van der Waals surface area contributed by atoms with E-state index in [4.69, 9.17) is 4.98 Å². The maximum Gasteiger partial charge on any atom is 0.145 e. The highest BCUT2D eigenvalue weighted by atomic mass is 32.1. The van der Waals surface area contributed by atoms with Crippen LogP contribution in [0.1, 0.15) is 40.2 Å². The van der Waals surface area contributed by atoms with Crippen molar-refractivity contribution in [3.05, 3.63) is 45.7 Å². The molecular formula is C17H24N4S. The molecule has 0 bridgehead atoms. The van der Waals surface area contributed by atoms with Gasteiger partial charge in [-0.3, -0.25) is 4.90 Å². The number of rotatable bonds is 5. The first-order valence-corrected chi connectivity index (χ1v) is 8.69. The topological polar surface area (TPSA) is 32.3 Å². The largest absolute Gasteiger partial charge is 0.304 e. The molecule has 0 saturated carbocycles. The SMILES string of the molecule is Cc1ccc(CN2CCC[C@H]2c2nccc(CN(C)C)n2)s1. The highest BCUT2D eigenvalue weighted by Crippen LogP contribution is 2.32. The number of nitrogens with zero attached hydrogens (tertiary/aromatic N) is 4. The third-order valence-electron chi connectivity index (χ3n) is 4.03. The molecule has 1 atom stereocenters. The molecule has 22 heavy (non-hydrogen) atoms. The third-order valence-corrected chi connectivity index (χ3v) is 5.01. The molecule has 0 aliphatic carbocycles. The van der Waals surface area contributed by atoms with Crippen LogP contribution < -0.4 is 0 Å². The van der Waals surface area contributed by atoms with Crippen molar-refractivity contribution < 1.29 is 0 Å². The molecule has 0 N–H and O–H groups in total. The summed E-state index contributed by atoms with van der Waals surface area (Å²) in [5, 5.41) is 0. The predicted molar refractivity (Wildman–Crippen MR) is 90.9 cm³/mol. The smallest absolute Gasteiger partial charge is 0.145 e. The van der Waals surface area contributed by atoms with E-state index in [0.717, 1.165) is 37.6 Å². The number of hydrogen-bond donors (Lipinski definition) is 0. The first kappa shape index (κ1) is 15.6. The predicted octanol–water partition coefficient (Wildman–Crippen LogP) is 3.25. The zero-order valence-electron chi connectivity index (χ0n) is 13.6. The van der Waals surface area contributed by atoms with Gasteiger partial charge in [-0.2, -0.15) is 0 Å². The van der Waals surface area contributed by atoms with Crippen molar-refractivity contribution in [3.8, 4) is 0 Å². The lowest BCUT2D eigenvalue weighted by Gasteiger charge is -2.23. The van der Waals surface area contributed by atoms with E-state index in [2.05, 4.69) is 47.9 Å². The fourth-order valence-corrected chi connectivity index (χ4v) is 3.98. The van der Waals surface area contributed by atoms with Gasteiger partial charge in [0.2, 0.25) is 0 Å². The molecule has 1 saturated heterocycles. The molecule has 2 aromatic heterocycles. The lowest BCUT2D eigenvalue weighted by Crippen LogP contribution is -2.24. The normalized spacial score (nSPS) is 19.2. The number of thiophene rings is 1. The van der Waals surface area contributed by atoms with Gasteiger partial charge in [0.05, 0.1) is 11.7 Å². The van der Waals surface area contributed by atoms with Gasteiger partial charge in [0.15, 0.2) is 0 Å². The highest BCUT2D eigenvalue weighted by Gasteiger charge is 2.28. The highest BCUT2D eigenvalue weighted by molar-refractivity contribution is 7.11. The summed E-state index contributed by atoms with van der Waals surface area (Å²) in [6.07, 6.45) is 4.30. The molecule has 0 amide bonds. The van der Waals surface area contributed by atoms with Gasteiger partial charge in [0, 0.05) is 29.0 Å². The molecule has 0 radical (unpaired) electrons. The summed E-state index contributed by atoms with van der Waals surface area (Å²) in [5.74, 6) is 0.991. The van der Waals surface area contributed by atoms with Crippen LogP contribution >= 0.6 is 11.3 Å². The maximum absolute atomic E-state index is 4.80. The Hall–Kier alpha value is -1.30. The van der Waals surface area contributed by atoms with E-state index in [1.54, 1.807) is 0 Å². The Morgan fingerprint density at radius 3 is 2.91 bits per heavy atom. The summed E-state index contributed by atoms with van der Waals surface area (Å²) in [7, 11) is 4.14. The molecule has 0 aromatic carbocycles. The molecule has 4 nitrogen and oxygen atoms in total. The molecule has 1 fully saturated rings. The van der Waals surface area contributed by atoms with Crippen molar-refractivity contribution in [1.29, 1.82) is 0 Å². The number of hydrogen-bond acceptors (Lipinski definition) is 5. The van der Waals surface area contributed by atoms with Gasteiger partial charge in [0.1, 0.15) is 5.82 Å². The minimum Gasteiger partial charge on any atom is -0.304 e. The summed E-state index contributed by atoms with van der Waals surface area (Å²) in [6, 6.07) is 6.84. The Bertz CT molecular complexity index is 623. The monoisotopic (exact) mass is 316 g/mol. The molecular weight excluding hydrogens is 292 g/mol. The van der Waals surface area contributed by atoms with Crippen LogP contribution in [-0.2, 0) is 13.1 Å². The zero-order chi connectivity index (χ0) is 15.5. The Morgan fingerprint density at radius 2 is 2.18 bits per heavy atom. The molecule has 1 aliphatic heterocycles. The van der Waals surface area contributed by atoms with Crippen LogP contribution in [0, 0.1) is 6.92 Å². The van der Waals surface area contributed by atoms with Crippen molar-refractivity contribution in [2.24, 2.45) is 0 Å². The molecule has 2 aromatic rings. The van der Waals surface area contributed by atoms with Gasteiger partial charge in [-0.15, -0.1) is 11.3 Å². The Morgan fingerprint density at radius 1 is 1.32 bits per heavy atom. The molecule has 118 valence electrons. The van der Waals surface area contributed by atoms with Crippen LogP contribution in [-0.4, -0.2) is 40.4 Å². The molecule has 0 spiro atoms. The van der Waals surface area contributed by atoms with Crippen molar-refractivity contribution in [1.82, 2.24) is 19.8 Å². The average Bonchev–Trinajstić information content (AvgIpc) is 3.08. The Labute approximate surface area is 136 Å². The van der Waals surface area contributed by atoms with Crippen LogP contribution in [0.15, 0.2) is 24.4 Å². The van der Waals surface area contributed by atoms with Crippen molar-refractivity contribution in [3.63, 3.8) is 0 Å². The molecule has 3 rings (SSSR count). The van der Waals surface area contributed by atoms with Crippen molar-refractivity contribution >= 4 is 11.3 Å². The summed E-state index contributed by atoms with van der Waals surface area (Å²) in [5.41, 5.74) is 1.11. The second kappa shape index (κ2) is 6.86. The first-order valence-electron chi connectivity index (χ1n) is 7.88. The van der Waals surface area contributed by atoms with E-state index in [1.807, 2.05) is 23.6 Å². The second-order valence-electron chi connectivity index (χ2n) is 6.28. The lowest BCUT2D eigenvalue weighted by atomic mass is 10.2. The van der Waals surface area contributed by atoms with E-state index in [9.17, 15) is 0 Å². The Kier molecular flexibility index (Phi) is 4.86. The lowest BCUT2D eigenvalue weighted by molar-refractivity contribution is 0.241. The minimum absolute atomic E-state index is 0.365. The van der Waals surface area contributed by atoms with Crippen LogP contribution in [0.2, 0.25) is 0 Å². The van der Waals surface area contributed by atoms with E-state index < -0.39 is 0 Å². The van der Waals surface area contributed by atoms with E-state index in [-0.39, 0.29) is 0 Å². The van der Waals surface area contributed by atoms with Gasteiger partial charge in [0.25, 0.3) is 0 Å². The van der Waals surface area contributed by atoms with E-state index in [0.29, 0.717) is 6.04 Å². The van der Waals surface area contributed by atoms with Gasteiger partial charge >= 0.3 is 0 Å². The van der Waals surface area contributed by atoms with Crippen molar-refractivity contribution in [2.75, 3.05) is 20.6 Å². The summed E-state index contributed by atoms with van der Waals surface area (Å²) in [4.78, 5) is 16.9. The first-order chi connectivity index (χ1) is 10.6. The summed E-state index contributed by atoms with van der Waals surface area (Å²) < 4.78 is 0. The molecule has 5 heteroatoms. The van der Waals surface area contributed by atoms with E-state index in [1.165, 1.54) is 16.2 Å². The van der Waals surface area contributed by atoms with Gasteiger partial charge in [-0.05, 0) is 58.6 Å². The third kappa shape index (κ3) is 3.72. The quantitative estimate of drug-likeness (QED) is 0.847. The summed E-state index contributed by atoms with van der Waals surface area (Å²) in [6.45, 7) is 5.20. The standard InChI is InChI=1S/C17H24N4S/c1-13-6-7-15(22-13)12-21-10-4-5-16(21)17-18-9-8-14(19-17)11-20(2)3/h6-9,16H,4-5,10-12H2,1-3H3/t16-/m0/s1. The fraction of sp³-hybridized carbons (Fsp3) is 0.529. The van der Waals surface area contributed by atoms with Crippen LogP contribution in [0.3, 0.4) is 0 Å². The fourth-order valence-electron chi connectivity index (χ4n) is 3.06. The number of aryl methyl sites for hydroxylation is 1. The van der Waals surface area contributed by atoms with Gasteiger partial charge in [-0.25, -0.2) is 9.97 Å². The van der Waals surface area contributed by atoms with E-state index >= 15 is 0 Å². The van der Waals surface area contributed by atoms with Crippen molar-refractivity contribution in [2.45, 2.75) is 38.9 Å². The Balaban J connectivity index is 1.75. The summed E-state index contributed by atoms with van der Waals surface area (Å²) >= 11 is 1.89. The molecule has 3 heterocycles. The average molecular weight is 316 g/mol. The number of aromatic nitrogens is 2. The molecule has 0 unspecified atom stereocenters. The number of likely N-dealkylation sites (tertiary alicyclic amines) is 1.